The first kappa shape index (κ1) is 18.3. The molecule has 0 radical (unpaired) electrons. The summed E-state index contributed by atoms with van der Waals surface area (Å²) in [7, 11) is 0. The molecule has 2 aliphatic rings. The van der Waals surface area contributed by atoms with Gasteiger partial charge in [-0.25, -0.2) is 0 Å². The van der Waals surface area contributed by atoms with Crippen molar-refractivity contribution < 1.29 is 4.42 Å². The Morgan fingerprint density at radius 1 is 0.529 bits per heavy atom. The molecule has 1 nitrogen and oxygen atoms in total. The molecule has 0 fully saturated rings. The largest absolute Gasteiger partial charge is 0.456 e. The molecule has 0 saturated heterocycles. The van der Waals surface area contributed by atoms with Crippen molar-refractivity contribution >= 4 is 21.9 Å². The molecule has 1 spiro atoms. The molecule has 5 aromatic carbocycles. The van der Waals surface area contributed by atoms with Crippen LogP contribution < -0.4 is 0 Å². The fourth-order valence-electron chi connectivity index (χ4n) is 6.72. The molecule has 8 rings (SSSR count). The molecule has 1 heterocycles. The zero-order chi connectivity index (χ0) is 22.6. The van der Waals surface area contributed by atoms with Gasteiger partial charge in [-0.2, -0.15) is 0 Å². The quantitative estimate of drug-likeness (QED) is 0.233. The summed E-state index contributed by atoms with van der Waals surface area (Å²) in [4.78, 5) is 0. The molecule has 6 aromatic rings. The minimum absolute atomic E-state index is 0.360. The molecule has 0 saturated carbocycles. The Balaban J connectivity index is 1.68. The highest BCUT2D eigenvalue weighted by Crippen LogP contribution is 2.64. The molecule has 2 aliphatic carbocycles. The number of hydrogen-bond acceptors (Lipinski definition) is 1. The summed E-state index contributed by atoms with van der Waals surface area (Å²) < 4.78 is 6.40. The Morgan fingerprint density at radius 2 is 1.15 bits per heavy atom. The third-order valence-electron chi connectivity index (χ3n) is 7.99. The van der Waals surface area contributed by atoms with Gasteiger partial charge in [-0.1, -0.05) is 96.1 Å². The predicted octanol–water partition coefficient (Wildman–Crippen LogP) is 8.55. The molecule has 1 heteroatoms. The standard InChI is InChI=1S/C33H22O/c1-19-11-13-22-23-14-12-20(2)18-28(23)33(27(22)17-19)26-9-5-3-7-21(26)24-15-16-30-31(32(24)33)25-8-4-6-10-29(25)34-30/h3-18H,1-2H3. The molecule has 34 heavy (non-hydrogen) atoms. The van der Waals surface area contributed by atoms with E-state index in [1.165, 1.54) is 66.4 Å². The van der Waals surface area contributed by atoms with Gasteiger partial charge >= 0.3 is 0 Å². The lowest BCUT2D eigenvalue weighted by Gasteiger charge is -2.31. The molecular weight excluding hydrogens is 412 g/mol. The van der Waals surface area contributed by atoms with E-state index in [0.29, 0.717) is 0 Å². The van der Waals surface area contributed by atoms with Crippen molar-refractivity contribution in [2.75, 3.05) is 0 Å². The van der Waals surface area contributed by atoms with E-state index < -0.39 is 0 Å². The van der Waals surface area contributed by atoms with Gasteiger partial charge in [0.1, 0.15) is 11.2 Å². The van der Waals surface area contributed by atoms with Gasteiger partial charge in [-0.3, -0.25) is 0 Å². The summed E-state index contributed by atoms with van der Waals surface area (Å²) in [5.41, 5.74) is 15.0. The van der Waals surface area contributed by atoms with Crippen LogP contribution in [0.2, 0.25) is 0 Å². The van der Waals surface area contributed by atoms with Crippen LogP contribution >= 0.6 is 0 Å². The Hall–Kier alpha value is -4.10. The summed E-state index contributed by atoms with van der Waals surface area (Å²) in [5, 5.41) is 2.43. The van der Waals surface area contributed by atoms with Gasteiger partial charge in [0.05, 0.1) is 5.41 Å². The van der Waals surface area contributed by atoms with Crippen LogP contribution in [-0.4, -0.2) is 0 Å². The zero-order valence-corrected chi connectivity index (χ0v) is 19.1. The average molecular weight is 435 g/mol. The highest BCUT2D eigenvalue weighted by Gasteiger charge is 2.53. The fraction of sp³-hybridized carbons (Fsp3) is 0.0909. The first-order chi connectivity index (χ1) is 16.7. The van der Waals surface area contributed by atoms with Gasteiger partial charge in [-0.15, -0.1) is 0 Å². The summed E-state index contributed by atoms with van der Waals surface area (Å²) in [6.45, 7) is 4.41. The van der Waals surface area contributed by atoms with Crippen molar-refractivity contribution in [2.24, 2.45) is 0 Å². The molecule has 0 amide bonds. The summed E-state index contributed by atoms with van der Waals surface area (Å²) in [6.07, 6.45) is 0. The van der Waals surface area contributed by atoms with Gasteiger partial charge in [0.25, 0.3) is 0 Å². The lowest BCUT2D eigenvalue weighted by atomic mass is 9.69. The predicted molar refractivity (Wildman–Crippen MR) is 139 cm³/mol. The van der Waals surface area contributed by atoms with E-state index in [2.05, 4.69) is 111 Å². The second-order valence-corrected chi connectivity index (χ2v) is 9.85. The second kappa shape index (κ2) is 6.07. The van der Waals surface area contributed by atoms with Crippen LogP contribution in [0.5, 0.6) is 0 Å². The number of hydrogen-bond donors (Lipinski definition) is 0. The SMILES string of the molecule is Cc1ccc2c(c1)C1(c3cc(C)ccc3-2)c2ccccc2-c2ccc3oc4ccccc4c3c21. The number of fused-ring (bicyclic) bond motifs is 14. The minimum atomic E-state index is -0.360. The Kier molecular flexibility index (Phi) is 3.27. The molecule has 0 unspecified atom stereocenters. The maximum absolute atomic E-state index is 6.40. The fourth-order valence-corrected chi connectivity index (χ4v) is 6.72. The Labute approximate surface area is 198 Å². The van der Waals surface area contributed by atoms with Crippen molar-refractivity contribution in [3.63, 3.8) is 0 Å². The molecule has 0 aliphatic heterocycles. The van der Waals surface area contributed by atoms with Crippen LogP contribution in [0.1, 0.15) is 33.4 Å². The highest BCUT2D eigenvalue weighted by atomic mass is 16.3. The smallest absolute Gasteiger partial charge is 0.135 e. The number of benzene rings is 5. The second-order valence-electron chi connectivity index (χ2n) is 9.85. The van der Waals surface area contributed by atoms with Crippen LogP contribution in [0, 0.1) is 13.8 Å². The molecule has 160 valence electrons. The van der Waals surface area contributed by atoms with Crippen molar-refractivity contribution in [3.05, 3.63) is 130 Å². The van der Waals surface area contributed by atoms with Crippen LogP contribution in [0.15, 0.2) is 101 Å². The van der Waals surface area contributed by atoms with E-state index in [9.17, 15) is 0 Å². The maximum atomic E-state index is 6.40. The number of aryl methyl sites for hydroxylation is 2. The first-order valence-electron chi connectivity index (χ1n) is 11.9. The van der Waals surface area contributed by atoms with Gasteiger partial charge < -0.3 is 4.42 Å². The topological polar surface area (TPSA) is 13.1 Å². The van der Waals surface area contributed by atoms with Crippen molar-refractivity contribution in [2.45, 2.75) is 19.3 Å². The van der Waals surface area contributed by atoms with Gasteiger partial charge in [0, 0.05) is 10.8 Å². The number of para-hydroxylation sites is 1. The van der Waals surface area contributed by atoms with Crippen molar-refractivity contribution in [3.8, 4) is 22.3 Å². The zero-order valence-electron chi connectivity index (χ0n) is 19.1. The van der Waals surface area contributed by atoms with E-state index in [0.717, 1.165) is 11.2 Å². The first-order valence-corrected chi connectivity index (χ1v) is 11.9. The minimum Gasteiger partial charge on any atom is -0.456 e. The van der Waals surface area contributed by atoms with Gasteiger partial charge in [0.2, 0.25) is 0 Å². The molecule has 1 aromatic heterocycles. The molecular formula is C33H22O. The van der Waals surface area contributed by atoms with Crippen molar-refractivity contribution in [1.29, 1.82) is 0 Å². The van der Waals surface area contributed by atoms with Crippen LogP contribution in [0.4, 0.5) is 0 Å². The Morgan fingerprint density at radius 3 is 1.91 bits per heavy atom. The summed E-state index contributed by atoms with van der Waals surface area (Å²) in [5.74, 6) is 0. The summed E-state index contributed by atoms with van der Waals surface area (Å²) >= 11 is 0. The van der Waals surface area contributed by atoms with E-state index in [4.69, 9.17) is 4.42 Å². The number of rotatable bonds is 0. The molecule has 0 N–H and O–H groups in total. The lowest BCUT2D eigenvalue weighted by molar-refractivity contribution is 0.668. The lowest BCUT2D eigenvalue weighted by Crippen LogP contribution is -2.26. The van der Waals surface area contributed by atoms with Crippen molar-refractivity contribution in [1.82, 2.24) is 0 Å². The van der Waals surface area contributed by atoms with Crippen LogP contribution in [-0.2, 0) is 5.41 Å². The summed E-state index contributed by atoms with van der Waals surface area (Å²) in [6, 6.07) is 35.9. The average Bonchev–Trinajstić information content (AvgIpc) is 3.47. The highest BCUT2D eigenvalue weighted by molar-refractivity contribution is 6.13. The molecule has 0 bridgehead atoms. The van der Waals surface area contributed by atoms with E-state index in [1.54, 1.807) is 0 Å². The molecule has 0 atom stereocenters. The normalized spacial score (nSPS) is 14.4. The maximum Gasteiger partial charge on any atom is 0.135 e. The Bertz CT molecular complexity index is 1780. The third kappa shape index (κ3) is 1.98. The number of furan rings is 1. The van der Waals surface area contributed by atoms with Crippen LogP contribution in [0.3, 0.4) is 0 Å². The van der Waals surface area contributed by atoms with Gasteiger partial charge in [-0.05, 0) is 70.5 Å². The van der Waals surface area contributed by atoms with Crippen LogP contribution in [0.25, 0.3) is 44.2 Å². The third-order valence-corrected chi connectivity index (χ3v) is 7.99. The van der Waals surface area contributed by atoms with E-state index in [1.807, 2.05) is 0 Å². The monoisotopic (exact) mass is 434 g/mol. The van der Waals surface area contributed by atoms with Gasteiger partial charge in [0.15, 0.2) is 0 Å². The van der Waals surface area contributed by atoms with E-state index >= 15 is 0 Å². The van der Waals surface area contributed by atoms with E-state index in [-0.39, 0.29) is 5.41 Å².